The number of ether oxygens (including phenoxy) is 1. The van der Waals surface area contributed by atoms with Crippen LogP contribution in [0.3, 0.4) is 0 Å². The highest BCUT2D eigenvalue weighted by molar-refractivity contribution is 5.89. The van der Waals surface area contributed by atoms with Crippen molar-refractivity contribution in [2.45, 2.75) is 19.6 Å². The molecule has 0 saturated heterocycles. The zero-order chi connectivity index (χ0) is 19.3. The zero-order valence-corrected chi connectivity index (χ0v) is 15.6. The lowest BCUT2D eigenvalue weighted by atomic mass is 10.1. The largest absolute Gasteiger partial charge is 0.480 e. The van der Waals surface area contributed by atoms with Gasteiger partial charge >= 0.3 is 0 Å². The molecule has 28 heavy (non-hydrogen) atoms. The average molecular weight is 371 g/mol. The first-order valence-corrected chi connectivity index (χ1v) is 9.21. The van der Waals surface area contributed by atoms with Gasteiger partial charge in [-0.05, 0) is 30.0 Å². The molecule has 0 bridgehead atoms. The lowest BCUT2D eigenvalue weighted by molar-refractivity contribution is -0.127. The SMILES string of the molecule is CC(Oc1cccc2ccccc12)C(=O)NCc1ccccc1-n1ccnc1. The monoisotopic (exact) mass is 371 g/mol. The molecular formula is C23H21N3O2. The molecule has 1 N–H and O–H groups in total. The van der Waals surface area contributed by atoms with Crippen LogP contribution in [-0.4, -0.2) is 21.6 Å². The molecule has 1 amide bonds. The molecule has 4 rings (SSSR count). The number of nitrogens with zero attached hydrogens (tertiary/aromatic N) is 2. The molecule has 5 heteroatoms. The molecule has 3 aromatic carbocycles. The van der Waals surface area contributed by atoms with E-state index in [4.69, 9.17) is 4.74 Å². The lowest BCUT2D eigenvalue weighted by Gasteiger charge is -2.17. The molecule has 4 aromatic rings. The molecule has 0 aliphatic heterocycles. The van der Waals surface area contributed by atoms with E-state index in [1.54, 1.807) is 19.4 Å². The Kier molecular flexibility index (Phi) is 5.06. The molecule has 140 valence electrons. The summed E-state index contributed by atoms with van der Waals surface area (Å²) in [6.45, 7) is 2.18. The van der Waals surface area contributed by atoms with Gasteiger partial charge in [-0.15, -0.1) is 0 Å². The van der Waals surface area contributed by atoms with Gasteiger partial charge in [0.2, 0.25) is 0 Å². The third-order valence-electron chi connectivity index (χ3n) is 4.65. The van der Waals surface area contributed by atoms with E-state index >= 15 is 0 Å². The number of imidazole rings is 1. The van der Waals surface area contributed by atoms with E-state index in [2.05, 4.69) is 10.3 Å². The fraction of sp³-hybridized carbons (Fsp3) is 0.130. The number of carbonyl (C=O) groups is 1. The molecule has 5 nitrogen and oxygen atoms in total. The van der Waals surface area contributed by atoms with Crippen molar-refractivity contribution >= 4 is 16.7 Å². The van der Waals surface area contributed by atoms with E-state index in [1.807, 2.05) is 77.5 Å². The first-order valence-electron chi connectivity index (χ1n) is 9.21. The van der Waals surface area contributed by atoms with Gasteiger partial charge in [0.1, 0.15) is 5.75 Å². The van der Waals surface area contributed by atoms with Gasteiger partial charge in [0, 0.05) is 24.3 Å². The van der Waals surface area contributed by atoms with E-state index in [-0.39, 0.29) is 5.91 Å². The smallest absolute Gasteiger partial charge is 0.261 e. The summed E-state index contributed by atoms with van der Waals surface area (Å²) in [4.78, 5) is 16.7. The Balaban J connectivity index is 1.45. The quantitative estimate of drug-likeness (QED) is 0.555. The van der Waals surface area contributed by atoms with E-state index in [0.29, 0.717) is 12.3 Å². The van der Waals surface area contributed by atoms with Gasteiger partial charge in [-0.25, -0.2) is 4.98 Å². The van der Waals surface area contributed by atoms with Crippen molar-refractivity contribution in [2.24, 2.45) is 0 Å². The minimum Gasteiger partial charge on any atom is -0.480 e. The summed E-state index contributed by atoms with van der Waals surface area (Å²) >= 11 is 0. The third-order valence-corrected chi connectivity index (χ3v) is 4.65. The number of rotatable bonds is 6. The molecule has 0 aliphatic carbocycles. The predicted octanol–water partition coefficient (Wildman–Crippen LogP) is 4.11. The fourth-order valence-corrected chi connectivity index (χ4v) is 3.18. The van der Waals surface area contributed by atoms with Crippen molar-refractivity contribution < 1.29 is 9.53 Å². The Morgan fingerprint density at radius 2 is 1.86 bits per heavy atom. The lowest BCUT2D eigenvalue weighted by Crippen LogP contribution is -2.36. The Morgan fingerprint density at radius 1 is 1.07 bits per heavy atom. The van der Waals surface area contributed by atoms with Crippen molar-refractivity contribution in [1.29, 1.82) is 0 Å². The van der Waals surface area contributed by atoms with E-state index in [1.165, 1.54) is 0 Å². The van der Waals surface area contributed by atoms with Crippen LogP contribution in [0.1, 0.15) is 12.5 Å². The molecule has 1 unspecified atom stereocenters. The van der Waals surface area contributed by atoms with Crippen LogP contribution >= 0.6 is 0 Å². The summed E-state index contributed by atoms with van der Waals surface area (Å²) in [5.41, 5.74) is 1.99. The minimum absolute atomic E-state index is 0.159. The minimum atomic E-state index is -0.605. The highest BCUT2D eigenvalue weighted by Crippen LogP contribution is 2.26. The molecule has 1 atom stereocenters. The summed E-state index contributed by atoms with van der Waals surface area (Å²) in [6.07, 6.45) is 4.75. The normalized spacial score (nSPS) is 11.9. The summed E-state index contributed by atoms with van der Waals surface area (Å²) in [7, 11) is 0. The number of carbonyl (C=O) groups excluding carboxylic acids is 1. The second-order valence-electron chi connectivity index (χ2n) is 6.55. The van der Waals surface area contributed by atoms with Crippen LogP contribution in [0.4, 0.5) is 0 Å². The topological polar surface area (TPSA) is 56.1 Å². The van der Waals surface area contributed by atoms with Gasteiger partial charge in [0.05, 0.1) is 12.0 Å². The van der Waals surface area contributed by atoms with Crippen LogP contribution in [0, 0.1) is 0 Å². The molecule has 0 saturated carbocycles. The maximum absolute atomic E-state index is 12.6. The molecule has 0 aliphatic rings. The Labute approximate surface area is 163 Å². The number of aromatic nitrogens is 2. The second kappa shape index (κ2) is 7.96. The Morgan fingerprint density at radius 3 is 2.71 bits per heavy atom. The summed E-state index contributed by atoms with van der Waals surface area (Å²) < 4.78 is 7.88. The molecule has 1 aromatic heterocycles. The molecule has 1 heterocycles. The van der Waals surface area contributed by atoms with E-state index in [0.717, 1.165) is 22.0 Å². The van der Waals surface area contributed by atoms with Crippen LogP contribution in [-0.2, 0) is 11.3 Å². The van der Waals surface area contributed by atoms with Crippen molar-refractivity contribution in [1.82, 2.24) is 14.9 Å². The molecule has 0 radical (unpaired) electrons. The van der Waals surface area contributed by atoms with Crippen molar-refractivity contribution in [3.63, 3.8) is 0 Å². The van der Waals surface area contributed by atoms with Gasteiger partial charge in [-0.1, -0.05) is 54.6 Å². The first-order chi connectivity index (χ1) is 13.7. The third kappa shape index (κ3) is 3.74. The van der Waals surface area contributed by atoms with Crippen LogP contribution < -0.4 is 10.1 Å². The summed E-state index contributed by atoms with van der Waals surface area (Å²) in [6, 6.07) is 21.7. The Bertz CT molecular complexity index is 1080. The van der Waals surface area contributed by atoms with Gasteiger partial charge in [-0.3, -0.25) is 4.79 Å². The standard InChI is InChI=1S/C23H21N3O2/c1-17(28-22-12-6-9-18-7-2-4-10-20(18)22)23(27)25-15-19-8-3-5-11-21(19)26-14-13-24-16-26/h2-14,16-17H,15H2,1H3,(H,25,27). The van der Waals surface area contributed by atoms with Gasteiger partial charge in [0.25, 0.3) is 5.91 Å². The van der Waals surface area contributed by atoms with Crippen LogP contribution in [0.2, 0.25) is 0 Å². The van der Waals surface area contributed by atoms with E-state index < -0.39 is 6.10 Å². The highest BCUT2D eigenvalue weighted by Gasteiger charge is 2.16. The molecule has 0 fully saturated rings. The number of para-hydroxylation sites is 1. The average Bonchev–Trinajstić information content (AvgIpc) is 3.27. The first kappa shape index (κ1) is 17.8. The van der Waals surface area contributed by atoms with Crippen molar-refractivity contribution in [3.05, 3.63) is 91.0 Å². The maximum atomic E-state index is 12.6. The number of hydrogen-bond acceptors (Lipinski definition) is 3. The highest BCUT2D eigenvalue weighted by atomic mass is 16.5. The molecule has 0 spiro atoms. The van der Waals surface area contributed by atoms with Gasteiger partial charge < -0.3 is 14.6 Å². The number of hydrogen-bond donors (Lipinski definition) is 1. The fourth-order valence-electron chi connectivity index (χ4n) is 3.18. The second-order valence-corrected chi connectivity index (χ2v) is 6.55. The van der Waals surface area contributed by atoms with Gasteiger partial charge in [0.15, 0.2) is 6.10 Å². The number of nitrogens with one attached hydrogen (secondary N) is 1. The summed E-state index contributed by atoms with van der Waals surface area (Å²) in [5.74, 6) is 0.549. The number of amides is 1. The van der Waals surface area contributed by atoms with Crippen molar-refractivity contribution in [2.75, 3.05) is 0 Å². The maximum Gasteiger partial charge on any atom is 0.261 e. The van der Waals surface area contributed by atoms with Crippen molar-refractivity contribution in [3.8, 4) is 11.4 Å². The number of benzene rings is 3. The van der Waals surface area contributed by atoms with Crippen LogP contribution in [0.15, 0.2) is 85.5 Å². The van der Waals surface area contributed by atoms with Crippen LogP contribution in [0.5, 0.6) is 5.75 Å². The Hall–Kier alpha value is -3.60. The van der Waals surface area contributed by atoms with Crippen LogP contribution in [0.25, 0.3) is 16.5 Å². The van der Waals surface area contributed by atoms with Gasteiger partial charge in [-0.2, -0.15) is 0 Å². The number of fused-ring (bicyclic) bond motifs is 1. The predicted molar refractivity (Wildman–Crippen MR) is 109 cm³/mol. The molecular weight excluding hydrogens is 350 g/mol. The summed E-state index contributed by atoms with van der Waals surface area (Å²) in [5, 5.41) is 5.05. The zero-order valence-electron chi connectivity index (χ0n) is 15.6. The van der Waals surface area contributed by atoms with E-state index in [9.17, 15) is 4.79 Å².